The highest BCUT2D eigenvalue weighted by Gasteiger charge is 2.35. The molecule has 8 heteroatoms. The first-order valence-electron chi connectivity index (χ1n) is 9.19. The molecule has 0 aliphatic carbocycles. The van der Waals surface area contributed by atoms with E-state index in [1.54, 1.807) is 30.3 Å². The SMILES string of the molecule is CC.CC.CS(=O)(=O)c1ccc(-n2cc(C(F)(F)F)nc2-c2ccccc2)cc1. The van der Waals surface area contributed by atoms with E-state index >= 15 is 0 Å². The summed E-state index contributed by atoms with van der Waals surface area (Å²) in [4.78, 5) is 3.81. The predicted molar refractivity (Wildman–Crippen MR) is 110 cm³/mol. The summed E-state index contributed by atoms with van der Waals surface area (Å²) in [5.41, 5.74) is -0.113. The lowest BCUT2D eigenvalue weighted by Crippen LogP contribution is -2.05. The van der Waals surface area contributed by atoms with E-state index in [1.165, 1.54) is 28.8 Å². The van der Waals surface area contributed by atoms with E-state index in [2.05, 4.69) is 4.98 Å². The first kappa shape index (κ1) is 24.4. The average molecular weight is 427 g/mol. The average Bonchev–Trinajstić information content (AvgIpc) is 3.17. The van der Waals surface area contributed by atoms with Gasteiger partial charge in [0.2, 0.25) is 0 Å². The summed E-state index contributed by atoms with van der Waals surface area (Å²) >= 11 is 0. The number of hydrogen-bond acceptors (Lipinski definition) is 3. The summed E-state index contributed by atoms with van der Waals surface area (Å²) in [6.07, 6.45) is -2.62. The number of hydrogen-bond donors (Lipinski definition) is 0. The third kappa shape index (κ3) is 6.19. The summed E-state index contributed by atoms with van der Waals surface area (Å²) in [7, 11) is -3.39. The van der Waals surface area contributed by atoms with E-state index in [1.807, 2.05) is 27.7 Å². The highest BCUT2D eigenvalue weighted by Crippen LogP contribution is 2.32. The second-order valence-corrected chi connectivity index (χ2v) is 7.47. The summed E-state index contributed by atoms with van der Waals surface area (Å²) in [5, 5.41) is 0. The Balaban J connectivity index is 0.000000989. The molecule has 0 fully saturated rings. The van der Waals surface area contributed by atoms with Gasteiger partial charge in [0.25, 0.3) is 0 Å². The van der Waals surface area contributed by atoms with Crippen molar-refractivity contribution in [1.29, 1.82) is 0 Å². The maximum Gasteiger partial charge on any atom is 0.434 e. The van der Waals surface area contributed by atoms with Crippen molar-refractivity contribution in [3.63, 3.8) is 0 Å². The number of sulfone groups is 1. The molecule has 0 unspecified atom stereocenters. The van der Waals surface area contributed by atoms with Gasteiger partial charge in [-0.05, 0) is 24.3 Å². The van der Waals surface area contributed by atoms with Crippen molar-refractivity contribution in [3.8, 4) is 17.1 Å². The lowest BCUT2D eigenvalue weighted by atomic mass is 10.2. The zero-order valence-corrected chi connectivity index (χ0v) is 17.8. The zero-order valence-electron chi connectivity index (χ0n) is 17.0. The van der Waals surface area contributed by atoms with Crippen molar-refractivity contribution in [2.45, 2.75) is 38.8 Å². The largest absolute Gasteiger partial charge is 0.434 e. The molecule has 0 radical (unpaired) electrons. The van der Waals surface area contributed by atoms with Gasteiger partial charge in [0.1, 0.15) is 5.82 Å². The van der Waals surface area contributed by atoms with Gasteiger partial charge in [0.15, 0.2) is 15.5 Å². The van der Waals surface area contributed by atoms with Crippen LogP contribution in [0, 0.1) is 0 Å². The third-order valence-electron chi connectivity index (χ3n) is 3.57. The molecule has 2 aromatic carbocycles. The van der Waals surface area contributed by atoms with Crippen molar-refractivity contribution in [2.24, 2.45) is 0 Å². The van der Waals surface area contributed by atoms with E-state index in [0.717, 1.165) is 12.5 Å². The number of aromatic nitrogens is 2. The van der Waals surface area contributed by atoms with E-state index in [4.69, 9.17) is 0 Å². The second kappa shape index (κ2) is 10.2. The fourth-order valence-corrected chi connectivity index (χ4v) is 2.99. The monoisotopic (exact) mass is 426 g/mol. The van der Waals surface area contributed by atoms with Crippen LogP contribution in [0.3, 0.4) is 0 Å². The number of imidazole rings is 1. The number of halogens is 3. The minimum absolute atomic E-state index is 0.0914. The van der Waals surface area contributed by atoms with Crippen LogP contribution in [-0.4, -0.2) is 24.2 Å². The molecular formula is C21H25F3N2O2S. The maximum atomic E-state index is 13.1. The van der Waals surface area contributed by atoms with Gasteiger partial charge in [-0.15, -0.1) is 0 Å². The van der Waals surface area contributed by atoms with Crippen molar-refractivity contribution in [3.05, 3.63) is 66.5 Å². The van der Waals surface area contributed by atoms with Gasteiger partial charge < -0.3 is 0 Å². The van der Waals surface area contributed by atoms with Crippen LogP contribution in [0.1, 0.15) is 33.4 Å². The first-order valence-corrected chi connectivity index (χ1v) is 11.1. The number of alkyl halides is 3. The van der Waals surface area contributed by atoms with Gasteiger partial charge in [-0.2, -0.15) is 13.2 Å². The van der Waals surface area contributed by atoms with Crippen LogP contribution in [0.25, 0.3) is 17.1 Å². The molecule has 4 nitrogen and oxygen atoms in total. The van der Waals surface area contributed by atoms with Crippen molar-refractivity contribution in [2.75, 3.05) is 6.26 Å². The summed E-state index contributed by atoms with van der Waals surface area (Å²) in [5.74, 6) is 0.125. The Hall–Kier alpha value is -2.61. The van der Waals surface area contributed by atoms with Gasteiger partial charge in [0.05, 0.1) is 4.90 Å². The van der Waals surface area contributed by atoms with Gasteiger partial charge >= 0.3 is 6.18 Å². The molecule has 0 spiro atoms. The second-order valence-electron chi connectivity index (χ2n) is 5.45. The molecule has 1 aromatic heterocycles. The Morgan fingerprint density at radius 2 is 1.38 bits per heavy atom. The van der Waals surface area contributed by atoms with Crippen molar-refractivity contribution < 1.29 is 21.6 Å². The van der Waals surface area contributed by atoms with Crippen LogP contribution < -0.4 is 0 Å². The molecule has 0 N–H and O–H groups in total. The molecule has 29 heavy (non-hydrogen) atoms. The lowest BCUT2D eigenvalue weighted by Gasteiger charge is -2.08. The van der Waals surface area contributed by atoms with Gasteiger partial charge in [-0.25, -0.2) is 13.4 Å². The Bertz CT molecular complexity index is 995. The van der Waals surface area contributed by atoms with Crippen LogP contribution in [0.5, 0.6) is 0 Å². The van der Waals surface area contributed by atoms with Crippen LogP contribution in [0.15, 0.2) is 65.7 Å². The Morgan fingerprint density at radius 3 is 1.83 bits per heavy atom. The van der Waals surface area contributed by atoms with Crippen LogP contribution in [-0.2, 0) is 16.0 Å². The molecule has 0 saturated carbocycles. The third-order valence-corrected chi connectivity index (χ3v) is 4.70. The first-order chi connectivity index (χ1) is 13.7. The Kier molecular flexibility index (Phi) is 8.63. The molecule has 158 valence electrons. The highest BCUT2D eigenvalue weighted by molar-refractivity contribution is 7.90. The number of rotatable bonds is 3. The van der Waals surface area contributed by atoms with E-state index in [0.29, 0.717) is 11.3 Å². The standard InChI is InChI=1S/C17H13F3N2O2S.2C2H6/c1-25(23,24)14-9-7-13(8-10-14)22-11-15(17(18,19)20)21-16(22)12-5-3-2-4-6-12;2*1-2/h2-11H,1H3;2*1-2H3. The maximum absolute atomic E-state index is 13.1. The lowest BCUT2D eigenvalue weighted by molar-refractivity contribution is -0.140. The predicted octanol–water partition coefficient (Wildman–Crippen LogP) is 6.01. The molecule has 0 bridgehead atoms. The minimum Gasteiger partial charge on any atom is -0.299 e. The fourth-order valence-electron chi connectivity index (χ4n) is 2.36. The highest BCUT2D eigenvalue weighted by atomic mass is 32.2. The molecule has 0 atom stereocenters. The van der Waals surface area contributed by atoms with E-state index in [9.17, 15) is 21.6 Å². The smallest absolute Gasteiger partial charge is 0.299 e. The Labute approximate surface area is 170 Å². The molecule has 1 heterocycles. The molecule has 0 saturated heterocycles. The Morgan fingerprint density at radius 1 is 0.862 bits per heavy atom. The van der Waals surface area contributed by atoms with Crippen LogP contribution >= 0.6 is 0 Å². The number of nitrogens with zero attached hydrogens (tertiary/aromatic N) is 2. The molecular weight excluding hydrogens is 401 g/mol. The van der Waals surface area contributed by atoms with Crippen molar-refractivity contribution >= 4 is 9.84 Å². The molecule has 3 aromatic rings. The molecule has 0 aliphatic rings. The summed E-state index contributed by atoms with van der Waals surface area (Å²) < 4.78 is 63.6. The van der Waals surface area contributed by atoms with E-state index < -0.39 is 21.7 Å². The van der Waals surface area contributed by atoms with Gasteiger partial charge in [-0.3, -0.25) is 4.57 Å². The normalized spacial score (nSPS) is 11.0. The summed E-state index contributed by atoms with van der Waals surface area (Å²) in [6.45, 7) is 8.00. The number of benzene rings is 2. The topological polar surface area (TPSA) is 52.0 Å². The summed E-state index contributed by atoms with van der Waals surface area (Å²) in [6, 6.07) is 14.1. The van der Waals surface area contributed by atoms with Gasteiger partial charge in [0, 0.05) is 23.7 Å². The van der Waals surface area contributed by atoms with Crippen LogP contribution in [0.2, 0.25) is 0 Å². The van der Waals surface area contributed by atoms with Gasteiger partial charge in [-0.1, -0.05) is 58.0 Å². The quantitative estimate of drug-likeness (QED) is 0.515. The zero-order chi connectivity index (χ0) is 22.2. The molecule has 3 rings (SSSR count). The van der Waals surface area contributed by atoms with Crippen LogP contribution in [0.4, 0.5) is 13.2 Å². The van der Waals surface area contributed by atoms with Crippen molar-refractivity contribution in [1.82, 2.24) is 9.55 Å². The molecule has 0 amide bonds. The fraction of sp³-hybridized carbons (Fsp3) is 0.286. The minimum atomic E-state index is -4.58. The molecule has 0 aliphatic heterocycles. The van der Waals surface area contributed by atoms with E-state index in [-0.39, 0.29) is 10.7 Å².